The normalized spacial score (nSPS) is 27.2. The summed E-state index contributed by atoms with van der Waals surface area (Å²) in [5.41, 5.74) is 0. The standard InChI is InChI=1S/C13H26N2O3S/c16-12-6-10-14-9-5-11-15(19(14,17)18)13-7-3-1-2-4-8-13/h13,16H,1-12H2. The van der Waals surface area contributed by atoms with Crippen LogP contribution in [0.15, 0.2) is 0 Å². The summed E-state index contributed by atoms with van der Waals surface area (Å²) in [5, 5.41) is 8.88. The van der Waals surface area contributed by atoms with Crippen LogP contribution in [0.25, 0.3) is 0 Å². The molecule has 112 valence electrons. The van der Waals surface area contributed by atoms with E-state index in [1.165, 1.54) is 12.8 Å². The van der Waals surface area contributed by atoms with Gasteiger partial charge in [-0.05, 0) is 25.7 Å². The quantitative estimate of drug-likeness (QED) is 0.795. The fraction of sp³-hybridized carbons (Fsp3) is 1.00. The van der Waals surface area contributed by atoms with Crippen LogP contribution in [0, 0.1) is 0 Å². The first kappa shape index (κ1) is 15.2. The molecule has 0 aromatic carbocycles. The van der Waals surface area contributed by atoms with Crippen LogP contribution in [0.5, 0.6) is 0 Å². The minimum atomic E-state index is -3.30. The van der Waals surface area contributed by atoms with Crippen molar-refractivity contribution in [2.75, 3.05) is 26.2 Å². The summed E-state index contributed by atoms with van der Waals surface area (Å²) in [6.07, 6.45) is 8.21. The molecule has 6 heteroatoms. The molecular weight excluding hydrogens is 264 g/mol. The number of aliphatic hydroxyl groups is 1. The van der Waals surface area contributed by atoms with Crippen LogP contribution >= 0.6 is 0 Å². The number of aliphatic hydroxyl groups excluding tert-OH is 1. The fourth-order valence-electron chi connectivity index (χ4n) is 3.17. The molecule has 0 bridgehead atoms. The molecule has 5 nitrogen and oxygen atoms in total. The Morgan fingerprint density at radius 2 is 1.68 bits per heavy atom. The highest BCUT2D eigenvalue weighted by Crippen LogP contribution is 2.27. The van der Waals surface area contributed by atoms with Gasteiger partial charge in [-0.1, -0.05) is 25.7 Å². The zero-order valence-electron chi connectivity index (χ0n) is 11.6. The predicted octanol–water partition coefficient (Wildman–Crippen LogP) is 1.34. The minimum absolute atomic E-state index is 0.0510. The molecule has 0 aromatic heterocycles. The Hall–Kier alpha value is -0.170. The first-order valence-corrected chi connectivity index (χ1v) is 8.94. The first-order valence-electron chi connectivity index (χ1n) is 7.54. The lowest BCUT2D eigenvalue weighted by Gasteiger charge is -2.38. The smallest absolute Gasteiger partial charge is 0.282 e. The van der Waals surface area contributed by atoms with Crippen LogP contribution in [0.2, 0.25) is 0 Å². The van der Waals surface area contributed by atoms with Crippen LogP contribution in [0.1, 0.15) is 51.4 Å². The Morgan fingerprint density at radius 1 is 1.00 bits per heavy atom. The second kappa shape index (κ2) is 7.02. The third-order valence-electron chi connectivity index (χ3n) is 4.21. The molecule has 0 atom stereocenters. The van der Waals surface area contributed by atoms with Crippen molar-refractivity contribution in [1.29, 1.82) is 0 Å². The van der Waals surface area contributed by atoms with Gasteiger partial charge in [0.1, 0.15) is 0 Å². The number of hydrogen-bond acceptors (Lipinski definition) is 3. The molecule has 1 aliphatic heterocycles. The van der Waals surface area contributed by atoms with Crippen LogP contribution in [-0.2, 0) is 10.2 Å². The molecular formula is C13H26N2O3S. The molecule has 0 unspecified atom stereocenters. The van der Waals surface area contributed by atoms with Gasteiger partial charge in [-0.3, -0.25) is 0 Å². The molecule has 0 radical (unpaired) electrons. The predicted molar refractivity (Wildman–Crippen MR) is 75.0 cm³/mol. The molecule has 1 heterocycles. The lowest BCUT2D eigenvalue weighted by atomic mass is 10.1. The maximum Gasteiger partial charge on any atom is 0.282 e. The number of nitrogens with zero attached hydrogens (tertiary/aromatic N) is 2. The van der Waals surface area contributed by atoms with E-state index in [2.05, 4.69) is 0 Å². The van der Waals surface area contributed by atoms with Crippen LogP contribution in [0.3, 0.4) is 0 Å². The maximum atomic E-state index is 12.6. The van der Waals surface area contributed by atoms with Crippen molar-refractivity contribution in [2.45, 2.75) is 57.4 Å². The Balaban J connectivity index is 2.06. The highest BCUT2D eigenvalue weighted by molar-refractivity contribution is 7.86. The summed E-state index contributed by atoms with van der Waals surface area (Å²) in [7, 11) is -3.30. The van der Waals surface area contributed by atoms with E-state index in [1.807, 2.05) is 0 Å². The van der Waals surface area contributed by atoms with Gasteiger partial charge in [-0.15, -0.1) is 0 Å². The molecule has 1 aliphatic carbocycles. The van der Waals surface area contributed by atoms with Crippen LogP contribution in [0.4, 0.5) is 0 Å². The van der Waals surface area contributed by atoms with Gasteiger partial charge in [-0.2, -0.15) is 17.0 Å². The van der Waals surface area contributed by atoms with Gasteiger partial charge >= 0.3 is 0 Å². The molecule has 0 amide bonds. The second-order valence-corrected chi connectivity index (χ2v) is 7.47. The highest BCUT2D eigenvalue weighted by atomic mass is 32.2. The molecule has 0 spiro atoms. The summed E-state index contributed by atoms with van der Waals surface area (Å²) in [5.74, 6) is 0. The van der Waals surface area contributed by atoms with E-state index in [4.69, 9.17) is 5.11 Å². The Kier molecular flexibility index (Phi) is 5.62. The topological polar surface area (TPSA) is 60.9 Å². The van der Waals surface area contributed by atoms with E-state index in [-0.39, 0.29) is 12.6 Å². The van der Waals surface area contributed by atoms with Gasteiger partial charge in [0, 0.05) is 32.3 Å². The van der Waals surface area contributed by atoms with Gasteiger partial charge in [0.2, 0.25) is 0 Å². The summed E-state index contributed by atoms with van der Waals surface area (Å²) < 4.78 is 28.5. The SMILES string of the molecule is O=S1(=O)N(CCCO)CCCN1C1CCCCCC1. The molecule has 1 saturated carbocycles. The Bertz CT molecular complexity index is 364. The summed E-state index contributed by atoms with van der Waals surface area (Å²) >= 11 is 0. The van der Waals surface area contributed by atoms with Crippen molar-refractivity contribution in [1.82, 2.24) is 8.61 Å². The van der Waals surface area contributed by atoms with Gasteiger partial charge in [0.05, 0.1) is 0 Å². The van der Waals surface area contributed by atoms with Crippen molar-refractivity contribution < 1.29 is 13.5 Å². The van der Waals surface area contributed by atoms with Crippen molar-refractivity contribution in [3.8, 4) is 0 Å². The highest BCUT2D eigenvalue weighted by Gasteiger charge is 2.37. The molecule has 0 aromatic rings. The number of hydrogen-bond donors (Lipinski definition) is 1. The largest absolute Gasteiger partial charge is 0.396 e. The molecule has 1 N–H and O–H groups in total. The van der Waals surface area contributed by atoms with Gasteiger partial charge in [0.25, 0.3) is 10.2 Å². The van der Waals surface area contributed by atoms with Crippen LogP contribution < -0.4 is 0 Å². The molecule has 2 rings (SSSR count). The molecule has 1 saturated heterocycles. The van der Waals surface area contributed by atoms with E-state index >= 15 is 0 Å². The van der Waals surface area contributed by atoms with E-state index in [0.717, 1.165) is 32.1 Å². The van der Waals surface area contributed by atoms with E-state index in [1.54, 1.807) is 8.61 Å². The molecule has 19 heavy (non-hydrogen) atoms. The average molecular weight is 290 g/mol. The van der Waals surface area contributed by atoms with Gasteiger partial charge < -0.3 is 5.11 Å². The molecule has 2 fully saturated rings. The zero-order chi connectivity index (χ0) is 13.7. The van der Waals surface area contributed by atoms with E-state index in [0.29, 0.717) is 26.1 Å². The Labute approximate surface area is 116 Å². The minimum Gasteiger partial charge on any atom is -0.396 e. The average Bonchev–Trinajstić information content (AvgIpc) is 2.65. The van der Waals surface area contributed by atoms with E-state index in [9.17, 15) is 8.42 Å². The lowest BCUT2D eigenvalue weighted by molar-refractivity contribution is 0.213. The van der Waals surface area contributed by atoms with Crippen molar-refractivity contribution >= 4 is 10.2 Å². The van der Waals surface area contributed by atoms with Crippen molar-refractivity contribution in [3.63, 3.8) is 0 Å². The third kappa shape index (κ3) is 3.68. The van der Waals surface area contributed by atoms with E-state index < -0.39 is 10.2 Å². The fourth-order valence-corrected chi connectivity index (χ4v) is 5.14. The monoisotopic (exact) mass is 290 g/mol. The first-order chi connectivity index (χ1) is 9.16. The van der Waals surface area contributed by atoms with Crippen molar-refractivity contribution in [2.24, 2.45) is 0 Å². The number of rotatable bonds is 4. The van der Waals surface area contributed by atoms with Gasteiger partial charge in [-0.25, -0.2) is 0 Å². The van der Waals surface area contributed by atoms with Crippen molar-refractivity contribution in [3.05, 3.63) is 0 Å². The van der Waals surface area contributed by atoms with Crippen LogP contribution in [-0.4, -0.2) is 54.4 Å². The summed E-state index contributed by atoms with van der Waals surface area (Å²) in [6, 6.07) is 0.199. The Morgan fingerprint density at radius 3 is 2.32 bits per heavy atom. The summed E-state index contributed by atoms with van der Waals surface area (Å²) in [4.78, 5) is 0. The zero-order valence-corrected chi connectivity index (χ0v) is 12.4. The second-order valence-electron chi connectivity index (χ2n) is 5.59. The van der Waals surface area contributed by atoms with Gasteiger partial charge in [0.15, 0.2) is 0 Å². The summed E-state index contributed by atoms with van der Waals surface area (Å²) in [6.45, 7) is 1.77. The third-order valence-corrected chi connectivity index (χ3v) is 6.30. The maximum absolute atomic E-state index is 12.6. The lowest BCUT2D eigenvalue weighted by Crippen LogP contribution is -2.53. The molecule has 2 aliphatic rings.